The van der Waals surface area contributed by atoms with E-state index < -0.39 is 10.0 Å². The van der Waals surface area contributed by atoms with Crippen LogP contribution in [-0.4, -0.2) is 45.8 Å². The molecule has 21 heavy (non-hydrogen) atoms. The van der Waals surface area contributed by atoms with Crippen LogP contribution in [0.2, 0.25) is 0 Å². The van der Waals surface area contributed by atoms with Gasteiger partial charge in [-0.25, -0.2) is 8.42 Å². The first kappa shape index (κ1) is 16.1. The predicted molar refractivity (Wildman–Crippen MR) is 81.1 cm³/mol. The number of ether oxygens (including phenoxy) is 2. The minimum absolute atomic E-state index is 0.103. The molecule has 2 N–H and O–H groups in total. The van der Waals surface area contributed by atoms with Crippen molar-refractivity contribution in [3.8, 4) is 11.5 Å². The van der Waals surface area contributed by atoms with Gasteiger partial charge in [-0.15, -0.1) is 0 Å². The third kappa shape index (κ3) is 3.48. The second kappa shape index (κ2) is 6.64. The van der Waals surface area contributed by atoms with Crippen molar-refractivity contribution in [3.63, 3.8) is 0 Å². The Kier molecular flexibility index (Phi) is 5.08. The van der Waals surface area contributed by atoms with Gasteiger partial charge in [-0.05, 0) is 42.6 Å². The molecule has 1 heterocycles. The van der Waals surface area contributed by atoms with Crippen LogP contribution in [0.25, 0.3) is 0 Å². The van der Waals surface area contributed by atoms with Crippen LogP contribution < -0.4 is 15.2 Å². The summed E-state index contributed by atoms with van der Waals surface area (Å²) >= 11 is 0. The third-order valence-corrected chi connectivity index (χ3v) is 5.59. The van der Waals surface area contributed by atoms with Gasteiger partial charge < -0.3 is 15.2 Å². The van der Waals surface area contributed by atoms with Crippen molar-refractivity contribution in [2.24, 2.45) is 5.73 Å². The monoisotopic (exact) mass is 314 g/mol. The second-order valence-corrected chi connectivity index (χ2v) is 7.11. The Morgan fingerprint density at radius 2 is 1.81 bits per heavy atom. The summed E-state index contributed by atoms with van der Waals surface area (Å²) < 4.78 is 36.6. The van der Waals surface area contributed by atoms with Crippen molar-refractivity contribution >= 4 is 10.0 Å². The second-order valence-electron chi connectivity index (χ2n) is 5.02. The van der Waals surface area contributed by atoms with Crippen molar-refractivity contribution in [1.29, 1.82) is 0 Å². The van der Waals surface area contributed by atoms with Crippen LogP contribution in [0.1, 0.15) is 17.5 Å². The van der Waals surface area contributed by atoms with Gasteiger partial charge in [0.2, 0.25) is 10.0 Å². The summed E-state index contributed by atoms with van der Waals surface area (Å²) in [5, 5.41) is 0. The number of benzene rings is 1. The first-order chi connectivity index (χ1) is 10.0. The van der Waals surface area contributed by atoms with E-state index in [1.807, 2.05) is 12.1 Å². The van der Waals surface area contributed by atoms with Gasteiger partial charge in [0.1, 0.15) is 0 Å². The van der Waals surface area contributed by atoms with E-state index in [4.69, 9.17) is 15.2 Å². The maximum Gasteiger partial charge on any atom is 0.214 e. The summed E-state index contributed by atoms with van der Waals surface area (Å²) in [5.41, 5.74) is 7.48. The smallest absolute Gasteiger partial charge is 0.214 e. The quantitative estimate of drug-likeness (QED) is 0.837. The minimum atomic E-state index is -3.24. The number of methoxy groups -OCH3 is 2. The van der Waals surface area contributed by atoms with Crippen LogP contribution in [0.4, 0.5) is 0 Å². The summed E-state index contributed by atoms with van der Waals surface area (Å²) in [7, 11) is -0.0760. The molecule has 0 spiro atoms. The van der Waals surface area contributed by atoms with E-state index in [1.54, 1.807) is 14.2 Å². The highest BCUT2D eigenvalue weighted by molar-refractivity contribution is 7.89. The summed E-state index contributed by atoms with van der Waals surface area (Å²) in [6, 6.07) is 3.79. The molecular formula is C14H22N2O4S. The average molecular weight is 314 g/mol. The molecule has 7 heteroatoms. The molecular weight excluding hydrogens is 292 g/mol. The summed E-state index contributed by atoms with van der Waals surface area (Å²) in [5.74, 6) is 1.40. The third-order valence-electron chi connectivity index (χ3n) is 3.68. The topological polar surface area (TPSA) is 81.9 Å². The van der Waals surface area contributed by atoms with Gasteiger partial charge in [-0.3, -0.25) is 0 Å². The zero-order chi connectivity index (χ0) is 15.5. The lowest BCUT2D eigenvalue weighted by molar-refractivity contribution is 0.348. The number of hydrogen-bond donors (Lipinski definition) is 1. The first-order valence-corrected chi connectivity index (χ1v) is 8.54. The summed E-state index contributed by atoms with van der Waals surface area (Å²) in [6.07, 6.45) is 1.16. The molecule has 1 aromatic carbocycles. The lowest BCUT2D eigenvalue weighted by Crippen LogP contribution is -2.37. The molecule has 1 aromatic rings. The summed E-state index contributed by atoms with van der Waals surface area (Å²) in [6.45, 7) is 1.26. The molecule has 0 saturated heterocycles. The molecule has 0 unspecified atom stereocenters. The molecule has 0 aromatic heterocycles. The maximum absolute atomic E-state index is 12.2. The molecule has 0 saturated carbocycles. The van der Waals surface area contributed by atoms with Gasteiger partial charge >= 0.3 is 0 Å². The number of sulfonamides is 1. The van der Waals surface area contributed by atoms with Gasteiger partial charge in [-0.1, -0.05) is 0 Å². The Morgan fingerprint density at radius 3 is 2.38 bits per heavy atom. The Labute approximate surface area is 125 Å². The molecule has 0 aliphatic carbocycles. The van der Waals surface area contributed by atoms with E-state index in [0.29, 0.717) is 44.0 Å². The van der Waals surface area contributed by atoms with Crippen LogP contribution >= 0.6 is 0 Å². The number of nitrogens with zero attached hydrogens (tertiary/aromatic N) is 1. The fourth-order valence-corrected chi connectivity index (χ4v) is 3.98. The lowest BCUT2D eigenvalue weighted by Gasteiger charge is -2.28. The number of fused-ring (bicyclic) bond motifs is 1. The molecule has 2 rings (SSSR count). The molecule has 1 aliphatic heterocycles. The first-order valence-electron chi connectivity index (χ1n) is 6.93. The molecule has 0 amide bonds. The molecule has 0 bridgehead atoms. The minimum Gasteiger partial charge on any atom is -0.493 e. The van der Waals surface area contributed by atoms with Gasteiger partial charge in [0.15, 0.2) is 11.5 Å². The normalized spacial score (nSPS) is 15.6. The van der Waals surface area contributed by atoms with Crippen molar-refractivity contribution in [2.45, 2.75) is 19.4 Å². The van der Waals surface area contributed by atoms with Crippen LogP contribution in [0.5, 0.6) is 11.5 Å². The van der Waals surface area contributed by atoms with Crippen molar-refractivity contribution in [3.05, 3.63) is 23.3 Å². The van der Waals surface area contributed by atoms with Crippen LogP contribution in [0.15, 0.2) is 12.1 Å². The van der Waals surface area contributed by atoms with E-state index in [-0.39, 0.29) is 5.75 Å². The van der Waals surface area contributed by atoms with E-state index in [0.717, 1.165) is 11.1 Å². The molecule has 118 valence electrons. The van der Waals surface area contributed by atoms with Gasteiger partial charge in [0.05, 0.1) is 20.0 Å². The van der Waals surface area contributed by atoms with Gasteiger partial charge in [0, 0.05) is 13.1 Å². The van der Waals surface area contributed by atoms with Gasteiger partial charge in [-0.2, -0.15) is 4.31 Å². The van der Waals surface area contributed by atoms with E-state index in [9.17, 15) is 8.42 Å². The Morgan fingerprint density at radius 1 is 1.19 bits per heavy atom. The van der Waals surface area contributed by atoms with E-state index in [1.165, 1.54) is 4.31 Å². The van der Waals surface area contributed by atoms with Crippen LogP contribution in [0, 0.1) is 0 Å². The SMILES string of the molecule is COc1cc2c(cc1OC)CN(S(=O)(=O)CCCN)CC2. The zero-order valence-corrected chi connectivity index (χ0v) is 13.3. The maximum atomic E-state index is 12.2. The standard InChI is InChI=1S/C14H22N2O4S/c1-19-13-8-11-4-6-16(21(17,18)7-3-5-15)10-12(11)9-14(13)20-2/h8-9H,3-7,10,15H2,1-2H3. The fourth-order valence-electron chi connectivity index (χ4n) is 2.49. The fraction of sp³-hybridized carbons (Fsp3) is 0.571. The van der Waals surface area contributed by atoms with Crippen LogP contribution in [0.3, 0.4) is 0 Å². The number of hydrogen-bond acceptors (Lipinski definition) is 5. The Balaban J connectivity index is 2.24. The highest BCUT2D eigenvalue weighted by Gasteiger charge is 2.27. The Hall–Kier alpha value is -1.31. The number of rotatable bonds is 6. The molecule has 1 aliphatic rings. The molecule has 0 fully saturated rings. The van der Waals surface area contributed by atoms with Crippen molar-refractivity contribution in [1.82, 2.24) is 4.31 Å². The van der Waals surface area contributed by atoms with Crippen LogP contribution in [-0.2, 0) is 23.0 Å². The average Bonchev–Trinajstić information content (AvgIpc) is 2.50. The highest BCUT2D eigenvalue weighted by Crippen LogP contribution is 2.33. The number of nitrogens with two attached hydrogens (primary N) is 1. The Bertz CT molecular complexity index is 601. The van der Waals surface area contributed by atoms with Gasteiger partial charge in [0.25, 0.3) is 0 Å². The van der Waals surface area contributed by atoms with Crippen molar-refractivity contribution < 1.29 is 17.9 Å². The zero-order valence-electron chi connectivity index (χ0n) is 12.5. The largest absolute Gasteiger partial charge is 0.493 e. The molecule has 0 radical (unpaired) electrons. The molecule has 6 nitrogen and oxygen atoms in total. The summed E-state index contributed by atoms with van der Waals surface area (Å²) in [4.78, 5) is 0. The lowest BCUT2D eigenvalue weighted by atomic mass is 10.0. The van der Waals surface area contributed by atoms with E-state index >= 15 is 0 Å². The van der Waals surface area contributed by atoms with Crippen molar-refractivity contribution in [2.75, 3.05) is 33.1 Å². The van der Waals surface area contributed by atoms with E-state index in [2.05, 4.69) is 0 Å². The predicted octanol–water partition coefficient (Wildman–Crippen LogP) is 0.741. The highest BCUT2D eigenvalue weighted by atomic mass is 32.2. The molecule has 0 atom stereocenters.